The van der Waals surface area contributed by atoms with Gasteiger partial charge in [0.15, 0.2) is 0 Å². The molecule has 1 aromatic heterocycles. The molecule has 0 aliphatic rings. The van der Waals surface area contributed by atoms with Crippen molar-refractivity contribution >= 4 is 15.7 Å². The number of hydrogen-bond acceptors (Lipinski definition) is 4. The number of rotatable bonds is 6. The SMILES string of the molecule is Cc1[nH]ncc1S(=O)(=O)N(CCCO)c1ccccc1. The molecular formula is C13H17N3O3S. The van der Waals surface area contributed by atoms with Gasteiger partial charge < -0.3 is 5.11 Å². The maximum Gasteiger partial charge on any atom is 0.267 e. The monoisotopic (exact) mass is 295 g/mol. The molecule has 108 valence electrons. The molecule has 0 fully saturated rings. The van der Waals surface area contributed by atoms with Gasteiger partial charge in [-0.05, 0) is 25.5 Å². The van der Waals surface area contributed by atoms with E-state index in [2.05, 4.69) is 10.2 Å². The van der Waals surface area contributed by atoms with Gasteiger partial charge in [-0.3, -0.25) is 9.40 Å². The Labute approximate surface area is 118 Å². The molecule has 0 atom stereocenters. The van der Waals surface area contributed by atoms with Crippen LogP contribution in [0.4, 0.5) is 5.69 Å². The first kappa shape index (κ1) is 14.5. The number of sulfonamides is 1. The molecule has 0 bridgehead atoms. The van der Waals surface area contributed by atoms with Gasteiger partial charge in [0.25, 0.3) is 10.0 Å². The molecule has 0 spiro atoms. The molecule has 2 aromatic rings. The lowest BCUT2D eigenvalue weighted by Gasteiger charge is -2.23. The fraction of sp³-hybridized carbons (Fsp3) is 0.308. The highest BCUT2D eigenvalue weighted by molar-refractivity contribution is 7.92. The Morgan fingerprint density at radius 3 is 2.55 bits per heavy atom. The second kappa shape index (κ2) is 6.06. The Morgan fingerprint density at radius 1 is 1.30 bits per heavy atom. The molecule has 0 unspecified atom stereocenters. The van der Waals surface area contributed by atoms with E-state index in [1.54, 1.807) is 31.2 Å². The van der Waals surface area contributed by atoms with Crippen LogP contribution in [0.2, 0.25) is 0 Å². The van der Waals surface area contributed by atoms with Gasteiger partial charge in [0.05, 0.1) is 17.6 Å². The fourth-order valence-corrected chi connectivity index (χ4v) is 3.54. The van der Waals surface area contributed by atoms with E-state index in [9.17, 15) is 8.42 Å². The molecule has 1 heterocycles. The summed E-state index contributed by atoms with van der Waals surface area (Å²) >= 11 is 0. The highest BCUT2D eigenvalue weighted by Crippen LogP contribution is 2.24. The average Bonchev–Trinajstić information content (AvgIpc) is 2.87. The number of H-pyrrole nitrogens is 1. The first-order chi connectivity index (χ1) is 9.57. The van der Waals surface area contributed by atoms with E-state index in [1.807, 2.05) is 6.07 Å². The third kappa shape index (κ3) is 2.83. The van der Waals surface area contributed by atoms with E-state index in [4.69, 9.17) is 5.11 Å². The molecule has 0 saturated heterocycles. The number of nitrogens with zero attached hydrogens (tertiary/aromatic N) is 2. The summed E-state index contributed by atoms with van der Waals surface area (Å²) in [5.41, 5.74) is 1.07. The van der Waals surface area contributed by atoms with Crippen LogP contribution in [0.3, 0.4) is 0 Å². The summed E-state index contributed by atoms with van der Waals surface area (Å²) in [6.07, 6.45) is 1.67. The van der Waals surface area contributed by atoms with Crippen LogP contribution in [0.15, 0.2) is 41.4 Å². The summed E-state index contributed by atoms with van der Waals surface area (Å²) in [7, 11) is -3.69. The topological polar surface area (TPSA) is 86.3 Å². The molecular weight excluding hydrogens is 278 g/mol. The van der Waals surface area contributed by atoms with Crippen molar-refractivity contribution in [3.05, 3.63) is 42.2 Å². The van der Waals surface area contributed by atoms with Gasteiger partial charge in [0.1, 0.15) is 4.90 Å². The number of aliphatic hydroxyl groups is 1. The minimum Gasteiger partial charge on any atom is -0.396 e. The summed E-state index contributed by atoms with van der Waals surface area (Å²) in [6, 6.07) is 8.83. The summed E-state index contributed by atoms with van der Waals surface area (Å²) in [6.45, 7) is 1.81. The number of aryl methyl sites for hydroxylation is 1. The highest BCUT2D eigenvalue weighted by Gasteiger charge is 2.27. The fourth-order valence-electron chi connectivity index (χ4n) is 1.92. The normalized spacial score (nSPS) is 11.5. The molecule has 0 saturated carbocycles. The van der Waals surface area contributed by atoms with E-state index in [-0.39, 0.29) is 18.0 Å². The smallest absolute Gasteiger partial charge is 0.267 e. The Bertz CT molecular complexity index is 653. The quantitative estimate of drug-likeness (QED) is 0.841. The van der Waals surface area contributed by atoms with E-state index >= 15 is 0 Å². The number of para-hydroxylation sites is 1. The van der Waals surface area contributed by atoms with Gasteiger partial charge in [0, 0.05) is 13.2 Å². The van der Waals surface area contributed by atoms with Crippen molar-refractivity contribution in [1.29, 1.82) is 0 Å². The first-order valence-corrected chi connectivity index (χ1v) is 7.70. The molecule has 0 aliphatic heterocycles. The lowest BCUT2D eigenvalue weighted by Crippen LogP contribution is -2.32. The molecule has 6 nitrogen and oxygen atoms in total. The van der Waals surface area contributed by atoms with Crippen LogP contribution < -0.4 is 4.31 Å². The summed E-state index contributed by atoms with van der Waals surface area (Å²) in [5.74, 6) is 0. The Hall–Kier alpha value is -1.86. The van der Waals surface area contributed by atoms with E-state index in [1.165, 1.54) is 10.5 Å². The van der Waals surface area contributed by atoms with Gasteiger partial charge in [-0.2, -0.15) is 5.10 Å². The largest absolute Gasteiger partial charge is 0.396 e. The summed E-state index contributed by atoms with van der Waals surface area (Å²) < 4.78 is 26.7. The molecule has 2 N–H and O–H groups in total. The van der Waals surface area contributed by atoms with Crippen LogP contribution in [0, 0.1) is 6.92 Å². The molecule has 7 heteroatoms. The number of nitrogens with one attached hydrogen (secondary N) is 1. The summed E-state index contributed by atoms with van der Waals surface area (Å²) in [5, 5.41) is 15.4. The van der Waals surface area contributed by atoms with E-state index in [0.717, 1.165) is 0 Å². The van der Waals surface area contributed by atoms with Gasteiger partial charge in [-0.25, -0.2) is 8.42 Å². The van der Waals surface area contributed by atoms with Gasteiger partial charge in [-0.15, -0.1) is 0 Å². The van der Waals surface area contributed by atoms with Crippen molar-refractivity contribution in [2.24, 2.45) is 0 Å². The van der Waals surface area contributed by atoms with Crippen molar-refractivity contribution in [2.75, 3.05) is 17.5 Å². The van der Waals surface area contributed by atoms with Crippen LogP contribution in [-0.4, -0.2) is 36.9 Å². The Balaban J connectivity index is 2.44. The molecule has 0 amide bonds. The molecule has 0 aliphatic carbocycles. The highest BCUT2D eigenvalue weighted by atomic mass is 32.2. The van der Waals surface area contributed by atoms with Crippen molar-refractivity contribution in [1.82, 2.24) is 10.2 Å². The van der Waals surface area contributed by atoms with Crippen LogP contribution in [0.1, 0.15) is 12.1 Å². The zero-order valence-corrected chi connectivity index (χ0v) is 12.0. The minimum atomic E-state index is -3.69. The van der Waals surface area contributed by atoms with Gasteiger partial charge in [0.2, 0.25) is 0 Å². The lowest BCUT2D eigenvalue weighted by molar-refractivity contribution is 0.291. The Kier molecular flexibility index (Phi) is 4.41. The molecule has 2 rings (SSSR count). The number of hydrogen-bond donors (Lipinski definition) is 2. The van der Waals surface area contributed by atoms with Gasteiger partial charge >= 0.3 is 0 Å². The zero-order chi connectivity index (χ0) is 14.6. The van der Waals surface area contributed by atoms with Crippen molar-refractivity contribution < 1.29 is 13.5 Å². The number of anilines is 1. The second-order valence-corrected chi connectivity index (χ2v) is 6.18. The lowest BCUT2D eigenvalue weighted by atomic mass is 10.3. The van der Waals surface area contributed by atoms with Crippen LogP contribution in [0.5, 0.6) is 0 Å². The van der Waals surface area contributed by atoms with Crippen LogP contribution in [0.25, 0.3) is 0 Å². The average molecular weight is 295 g/mol. The van der Waals surface area contributed by atoms with Crippen LogP contribution in [-0.2, 0) is 10.0 Å². The molecule has 20 heavy (non-hydrogen) atoms. The number of aromatic amines is 1. The standard InChI is InChI=1S/C13H17N3O3S/c1-11-13(10-14-15-11)20(18,19)16(8-5-9-17)12-6-3-2-4-7-12/h2-4,6-7,10,17H,5,8-9H2,1H3,(H,14,15). The predicted octanol–water partition coefficient (Wildman–Crippen LogP) is 1.30. The number of benzene rings is 1. The van der Waals surface area contributed by atoms with Crippen molar-refractivity contribution in [2.45, 2.75) is 18.2 Å². The maximum absolute atomic E-state index is 12.7. The predicted molar refractivity (Wildman–Crippen MR) is 76.0 cm³/mol. The minimum absolute atomic E-state index is 0.0662. The van der Waals surface area contributed by atoms with Crippen molar-refractivity contribution in [3.63, 3.8) is 0 Å². The number of aliphatic hydroxyl groups excluding tert-OH is 1. The number of aromatic nitrogens is 2. The molecule has 1 aromatic carbocycles. The van der Waals surface area contributed by atoms with Crippen molar-refractivity contribution in [3.8, 4) is 0 Å². The molecule has 0 radical (unpaired) electrons. The van der Waals surface area contributed by atoms with Crippen LogP contribution >= 0.6 is 0 Å². The van der Waals surface area contributed by atoms with Gasteiger partial charge in [-0.1, -0.05) is 18.2 Å². The van der Waals surface area contributed by atoms with E-state index in [0.29, 0.717) is 17.8 Å². The van der Waals surface area contributed by atoms with E-state index < -0.39 is 10.0 Å². The Morgan fingerprint density at radius 2 is 2.00 bits per heavy atom. The second-order valence-electron chi connectivity index (χ2n) is 4.35. The summed E-state index contributed by atoms with van der Waals surface area (Å²) in [4.78, 5) is 0.152. The third-order valence-corrected chi connectivity index (χ3v) is 4.86. The zero-order valence-electron chi connectivity index (χ0n) is 11.2. The third-order valence-electron chi connectivity index (χ3n) is 2.92. The maximum atomic E-state index is 12.7. The first-order valence-electron chi connectivity index (χ1n) is 6.26.